The molecule has 4 saturated carbocycles. The fourth-order valence-electron chi connectivity index (χ4n) is 7.27. The molecule has 0 saturated heterocycles. The number of rotatable bonds is 4. The Hall–Kier alpha value is 0. The summed E-state index contributed by atoms with van der Waals surface area (Å²) in [7, 11) is 0. The van der Waals surface area contributed by atoms with Gasteiger partial charge in [-0.05, 0) is 67.6 Å². The second-order valence-corrected chi connectivity index (χ2v) is 10.3. The van der Waals surface area contributed by atoms with Crippen molar-refractivity contribution < 1.29 is 0 Å². The fourth-order valence-corrected chi connectivity index (χ4v) is 7.27. The molecule has 0 bridgehead atoms. The van der Waals surface area contributed by atoms with Gasteiger partial charge in [0.15, 0.2) is 0 Å². The molecule has 0 nitrogen and oxygen atoms in total. The first kappa shape index (κ1) is 17.4. The molecular formula is C24H42. The van der Waals surface area contributed by atoms with Crippen molar-refractivity contribution in [3.8, 4) is 0 Å². The van der Waals surface area contributed by atoms with Crippen molar-refractivity contribution in [1.29, 1.82) is 0 Å². The van der Waals surface area contributed by atoms with E-state index in [4.69, 9.17) is 0 Å². The van der Waals surface area contributed by atoms with Gasteiger partial charge in [-0.1, -0.05) is 83.5 Å². The molecule has 4 fully saturated rings. The van der Waals surface area contributed by atoms with E-state index in [0.717, 1.165) is 35.5 Å². The number of hydrogen-bond acceptors (Lipinski definition) is 0. The quantitative estimate of drug-likeness (QED) is 0.494. The van der Waals surface area contributed by atoms with Crippen molar-refractivity contribution in [1.82, 2.24) is 0 Å². The van der Waals surface area contributed by atoms with E-state index in [1.807, 2.05) is 0 Å². The zero-order valence-corrected chi connectivity index (χ0v) is 16.2. The normalized spacial score (nSPS) is 39.5. The summed E-state index contributed by atoms with van der Waals surface area (Å²) >= 11 is 0. The van der Waals surface area contributed by atoms with E-state index in [2.05, 4.69) is 0 Å². The summed E-state index contributed by atoms with van der Waals surface area (Å²) in [5, 5.41) is 0. The Morgan fingerprint density at radius 3 is 1.67 bits per heavy atom. The zero-order chi connectivity index (χ0) is 16.2. The van der Waals surface area contributed by atoms with Crippen LogP contribution in [0.4, 0.5) is 0 Å². The minimum atomic E-state index is 1.11. The highest BCUT2D eigenvalue weighted by Gasteiger charge is 2.38. The van der Waals surface area contributed by atoms with Gasteiger partial charge in [0.25, 0.3) is 0 Å². The van der Waals surface area contributed by atoms with Crippen LogP contribution in [0.25, 0.3) is 0 Å². The first-order valence-electron chi connectivity index (χ1n) is 11.9. The molecule has 4 aliphatic rings. The van der Waals surface area contributed by atoms with Crippen LogP contribution in [0.5, 0.6) is 0 Å². The standard InChI is InChI=1S/C24H42/c1-3-7-19(8-4-1)11-12-20-13-14-24-18-23(16-15-22(24)17-20)21-9-5-2-6-10-21/h19-24H,1-18H2. The molecule has 0 amide bonds. The Bertz CT molecular complexity index is 360. The third kappa shape index (κ3) is 4.39. The van der Waals surface area contributed by atoms with Crippen molar-refractivity contribution in [2.24, 2.45) is 35.5 Å². The Morgan fingerprint density at radius 2 is 0.917 bits per heavy atom. The van der Waals surface area contributed by atoms with Crippen molar-refractivity contribution in [2.45, 2.75) is 116 Å². The van der Waals surface area contributed by atoms with Gasteiger partial charge in [-0.15, -0.1) is 0 Å². The molecule has 0 heteroatoms. The lowest BCUT2D eigenvalue weighted by atomic mass is 9.61. The van der Waals surface area contributed by atoms with E-state index >= 15 is 0 Å². The Labute approximate surface area is 151 Å². The predicted molar refractivity (Wildman–Crippen MR) is 104 cm³/mol. The maximum atomic E-state index is 1.63. The van der Waals surface area contributed by atoms with Crippen LogP contribution in [0.1, 0.15) is 116 Å². The van der Waals surface area contributed by atoms with Crippen LogP contribution in [0.15, 0.2) is 0 Å². The van der Waals surface area contributed by atoms with E-state index in [-0.39, 0.29) is 0 Å². The van der Waals surface area contributed by atoms with Gasteiger partial charge in [0.2, 0.25) is 0 Å². The highest BCUT2D eigenvalue weighted by atomic mass is 14.4. The van der Waals surface area contributed by atoms with Crippen LogP contribution in [0, 0.1) is 35.5 Å². The summed E-state index contributed by atoms with van der Waals surface area (Å²) < 4.78 is 0. The maximum Gasteiger partial charge on any atom is -0.0383 e. The molecule has 0 spiro atoms. The molecule has 0 aromatic heterocycles. The van der Waals surface area contributed by atoms with Gasteiger partial charge in [0.1, 0.15) is 0 Å². The van der Waals surface area contributed by atoms with E-state index in [0.29, 0.717) is 0 Å². The SMILES string of the molecule is C1CCC(CCC2CCC3CC(C4CCCCC4)CCC3C2)CC1. The van der Waals surface area contributed by atoms with Gasteiger partial charge in [0, 0.05) is 0 Å². The fraction of sp³-hybridized carbons (Fsp3) is 1.00. The molecule has 138 valence electrons. The molecular weight excluding hydrogens is 288 g/mol. The van der Waals surface area contributed by atoms with Crippen LogP contribution >= 0.6 is 0 Å². The first-order valence-corrected chi connectivity index (χ1v) is 11.9. The van der Waals surface area contributed by atoms with Crippen molar-refractivity contribution in [3.63, 3.8) is 0 Å². The van der Waals surface area contributed by atoms with Crippen LogP contribution in [0.3, 0.4) is 0 Å². The highest BCUT2D eigenvalue weighted by molar-refractivity contribution is 4.89. The van der Waals surface area contributed by atoms with E-state index in [1.165, 1.54) is 25.7 Å². The van der Waals surface area contributed by atoms with Gasteiger partial charge in [-0.3, -0.25) is 0 Å². The number of hydrogen-bond donors (Lipinski definition) is 0. The average molecular weight is 331 g/mol. The summed E-state index contributed by atoms with van der Waals surface area (Å²) in [5.41, 5.74) is 0. The molecule has 4 atom stereocenters. The zero-order valence-electron chi connectivity index (χ0n) is 16.2. The smallest absolute Gasteiger partial charge is 0.0383 e. The Morgan fingerprint density at radius 1 is 0.375 bits per heavy atom. The Kier molecular flexibility index (Phi) is 6.23. The predicted octanol–water partition coefficient (Wildman–Crippen LogP) is 7.76. The minimum Gasteiger partial charge on any atom is -0.0533 e. The molecule has 4 unspecified atom stereocenters. The van der Waals surface area contributed by atoms with Crippen molar-refractivity contribution >= 4 is 0 Å². The highest BCUT2D eigenvalue weighted by Crippen LogP contribution is 2.49. The molecule has 0 N–H and O–H groups in total. The van der Waals surface area contributed by atoms with E-state index in [1.54, 1.807) is 89.9 Å². The monoisotopic (exact) mass is 330 g/mol. The minimum absolute atomic E-state index is 1.11. The molecule has 24 heavy (non-hydrogen) atoms. The molecule has 0 heterocycles. The lowest BCUT2D eigenvalue weighted by molar-refractivity contribution is 0.0616. The molecule has 0 aliphatic heterocycles. The van der Waals surface area contributed by atoms with E-state index in [9.17, 15) is 0 Å². The van der Waals surface area contributed by atoms with Crippen LogP contribution < -0.4 is 0 Å². The lowest BCUT2D eigenvalue weighted by Gasteiger charge is -2.45. The van der Waals surface area contributed by atoms with Crippen molar-refractivity contribution in [3.05, 3.63) is 0 Å². The topological polar surface area (TPSA) is 0 Å². The third-order valence-electron chi connectivity index (χ3n) is 8.79. The summed E-state index contributed by atoms with van der Waals surface area (Å²) in [6.07, 6.45) is 28.3. The largest absolute Gasteiger partial charge is 0.0533 e. The maximum absolute atomic E-state index is 1.63. The van der Waals surface area contributed by atoms with Gasteiger partial charge in [-0.25, -0.2) is 0 Å². The van der Waals surface area contributed by atoms with Gasteiger partial charge in [-0.2, -0.15) is 0 Å². The molecule has 4 rings (SSSR count). The van der Waals surface area contributed by atoms with Crippen LogP contribution in [-0.2, 0) is 0 Å². The van der Waals surface area contributed by atoms with Crippen LogP contribution in [-0.4, -0.2) is 0 Å². The summed E-state index contributed by atoms with van der Waals surface area (Å²) in [6.45, 7) is 0. The Balaban J connectivity index is 1.21. The summed E-state index contributed by atoms with van der Waals surface area (Å²) in [6, 6.07) is 0. The van der Waals surface area contributed by atoms with Crippen molar-refractivity contribution in [2.75, 3.05) is 0 Å². The van der Waals surface area contributed by atoms with Gasteiger partial charge < -0.3 is 0 Å². The third-order valence-corrected chi connectivity index (χ3v) is 8.79. The summed E-state index contributed by atoms with van der Waals surface area (Å²) in [4.78, 5) is 0. The van der Waals surface area contributed by atoms with Gasteiger partial charge >= 0.3 is 0 Å². The average Bonchev–Trinajstić information content (AvgIpc) is 2.67. The second kappa shape index (κ2) is 8.59. The molecule has 0 aromatic rings. The second-order valence-electron chi connectivity index (χ2n) is 10.3. The summed E-state index contributed by atoms with van der Waals surface area (Å²) in [5.74, 6) is 6.75. The molecule has 4 aliphatic carbocycles. The molecule has 0 aromatic carbocycles. The molecule has 0 radical (unpaired) electrons. The van der Waals surface area contributed by atoms with Crippen LogP contribution in [0.2, 0.25) is 0 Å². The number of fused-ring (bicyclic) bond motifs is 1. The van der Waals surface area contributed by atoms with E-state index < -0.39 is 0 Å². The first-order chi connectivity index (χ1) is 11.9. The lowest BCUT2D eigenvalue weighted by Crippen LogP contribution is -2.34. The van der Waals surface area contributed by atoms with Gasteiger partial charge in [0.05, 0.1) is 0 Å².